The standard InChI is InChI=1S/C20H20N4OS/c1-13-4-7-16(10-14(13)2)18-11-19(23-22-18)20(25)24-21-12-15-5-8-17(26-3)9-6-15/h4-12H,1-3H3,(H,22,23)(H,24,25). The maximum absolute atomic E-state index is 12.2. The molecule has 0 aliphatic rings. The Morgan fingerprint density at radius 3 is 2.58 bits per heavy atom. The van der Waals surface area contributed by atoms with E-state index in [9.17, 15) is 4.79 Å². The number of benzene rings is 2. The quantitative estimate of drug-likeness (QED) is 0.405. The van der Waals surface area contributed by atoms with Crippen molar-refractivity contribution in [1.29, 1.82) is 0 Å². The summed E-state index contributed by atoms with van der Waals surface area (Å²) in [7, 11) is 0. The molecule has 2 aromatic carbocycles. The van der Waals surface area contributed by atoms with Crippen LogP contribution >= 0.6 is 11.8 Å². The van der Waals surface area contributed by atoms with Gasteiger partial charge in [-0.25, -0.2) is 5.43 Å². The molecule has 1 heterocycles. The lowest BCUT2D eigenvalue weighted by Crippen LogP contribution is -2.17. The van der Waals surface area contributed by atoms with Crippen molar-refractivity contribution in [3.05, 3.63) is 70.9 Å². The zero-order valence-corrected chi connectivity index (χ0v) is 15.7. The van der Waals surface area contributed by atoms with Crippen LogP contribution in [0.15, 0.2) is 58.5 Å². The molecule has 3 rings (SSSR count). The third-order valence-corrected chi connectivity index (χ3v) is 4.86. The van der Waals surface area contributed by atoms with Gasteiger partial charge in [0, 0.05) is 10.5 Å². The Kier molecular flexibility index (Phi) is 5.53. The average Bonchev–Trinajstić information content (AvgIpc) is 3.15. The number of nitrogens with zero attached hydrogens (tertiary/aromatic N) is 2. The summed E-state index contributed by atoms with van der Waals surface area (Å²) in [6.07, 6.45) is 3.64. The Balaban J connectivity index is 1.65. The number of nitrogens with one attached hydrogen (secondary N) is 2. The third kappa shape index (κ3) is 4.21. The first-order chi connectivity index (χ1) is 12.6. The first kappa shape index (κ1) is 17.9. The van der Waals surface area contributed by atoms with E-state index in [0.29, 0.717) is 5.69 Å². The molecule has 1 aromatic heterocycles. The SMILES string of the molecule is CSc1ccc(C=NNC(=O)c2cc(-c3ccc(C)c(C)c3)n[nH]2)cc1. The van der Waals surface area contributed by atoms with E-state index in [4.69, 9.17) is 0 Å². The fraction of sp³-hybridized carbons (Fsp3) is 0.150. The topological polar surface area (TPSA) is 70.1 Å². The molecular weight excluding hydrogens is 344 g/mol. The zero-order valence-electron chi connectivity index (χ0n) is 14.9. The summed E-state index contributed by atoms with van der Waals surface area (Å²) in [5.41, 5.74) is 7.92. The van der Waals surface area contributed by atoms with Gasteiger partial charge in [0.05, 0.1) is 11.9 Å². The van der Waals surface area contributed by atoms with Crippen LogP contribution in [0.1, 0.15) is 27.2 Å². The number of rotatable bonds is 5. The predicted molar refractivity (Wildman–Crippen MR) is 107 cm³/mol. The number of aryl methyl sites for hydroxylation is 2. The van der Waals surface area contributed by atoms with Crippen molar-refractivity contribution in [3.8, 4) is 11.3 Å². The highest BCUT2D eigenvalue weighted by molar-refractivity contribution is 7.98. The van der Waals surface area contributed by atoms with Crippen molar-refractivity contribution in [1.82, 2.24) is 15.6 Å². The molecule has 0 aliphatic heterocycles. The van der Waals surface area contributed by atoms with Crippen LogP contribution < -0.4 is 5.43 Å². The molecular formula is C20H20N4OS. The van der Waals surface area contributed by atoms with E-state index in [0.717, 1.165) is 16.8 Å². The van der Waals surface area contributed by atoms with E-state index >= 15 is 0 Å². The zero-order chi connectivity index (χ0) is 18.5. The minimum Gasteiger partial charge on any atom is -0.272 e. The number of hydrazone groups is 1. The number of hydrogen-bond donors (Lipinski definition) is 2. The van der Waals surface area contributed by atoms with Gasteiger partial charge in [0.15, 0.2) is 0 Å². The maximum Gasteiger partial charge on any atom is 0.289 e. The second kappa shape index (κ2) is 8.01. The van der Waals surface area contributed by atoms with Gasteiger partial charge in [-0.1, -0.05) is 24.3 Å². The van der Waals surface area contributed by atoms with Gasteiger partial charge in [0.2, 0.25) is 0 Å². The molecule has 0 unspecified atom stereocenters. The highest BCUT2D eigenvalue weighted by Gasteiger charge is 2.10. The molecule has 3 aromatic rings. The molecule has 0 spiro atoms. The number of thioether (sulfide) groups is 1. The lowest BCUT2D eigenvalue weighted by Gasteiger charge is -2.01. The Morgan fingerprint density at radius 1 is 1.12 bits per heavy atom. The van der Waals surface area contributed by atoms with E-state index in [1.54, 1.807) is 24.0 Å². The lowest BCUT2D eigenvalue weighted by atomic mass is 10.0. The molecule has 0 atom stereocenters. The summed E-state index contributed by atoms with van der Waals surface area (Å²) in [6.45, 7) is 4.12. The van der Waals surface area contributed by atoms with Crippen molar-refractivity contribution in [2.24, 2.45) is 5.10 Å². The van der Waals surface area contributed by atoms with Crippen molar-refractivity contribution in [2.75, 3.05) is 6.26 Å². The van der Waals surface area contributed by atoms with Crippen molar-refractivity contribution < 1.29 is 4.79 Å². The van der Waals surface area contributed by atoms with Crippen LogP contribution in [-0.2, 0) is 0 Å². The molecule has 0 fully saturated rings. The molecule has 132 valence electrons. The van der Waals surface area contributed by atoms with Gasteiger partial charge >= 0.3 is 0 Å². The number of H-pyrrole nitrogens is 1. The molecule has 2 N–H and O–H groups in total. The molecule has 1 amide bonds. The van der Waals surface area contributed by atoms with Gasteiger partial charge in [0.1, 0.15) is 5.69 Å². The molecule has 0 saturated carbocycles. The van der Waals surface area contributed by atoms with Crippen molar-refractivity contribution >= 4 is 23.9 Å². The highest BCUT2D eigenvalue weighted by Crippen LogP contribution is 2.21. The van der Waals surface area contributed by atoms with Crippen LogP contribution in [0.3, 0.4) is 0 Å². The smallest absolute Gasteiger partial charge is 0.272 e. The van der Waals surface area contributed by atoms with Crippen LogP contribution in [0.2, 0.25) is 0 Å². The fourth-order valence-electron chi connectivity index (χ4n) is 2.40. The number of aromatic nitrogens is 2. The van der Waals surface area contributed by atoms with E-state index in [1.807, 2.05) is 42.7 Å². The molecule has 26 heavy (non-hydrogen) atoms. The molecule has 0 bridgehead atoms. The maximum atomic E-state index is 12.2. The number of aromatic amines is 1. The van der Waals surface area contributed by atoms with Crippen molar-refractivity contribution in [3.63, 3.8) is 0 Å². The van der Waals surface area contributed by atoms with E-state index < -0.39 is 0 Å². The predicted octanol–water partition coefficient (Wildman–Crippen LogP) is 4.18. The number of carbonyl (C=O) groups excluding carboxylic acids is 1. The van der Waals surface area contributed by atoms with Gasteiger partial charge in [-0.3, -0.25) is 9.89 Å². The summed E-state index contributed by atoms with van der Waals surface area (Å²) < 4.78 is 0. The number of carbonyl (C=O) groups is 1. The van der Waals surface area contributed by atoms with Gasteiger partial charge in [-0.05, 0) is 61.1 Å². The average molecular weight is 364 g/mol. The summed E-state index contributed by atoms with van der Waals surface area (Å²) in [5, 5.41) is 11.0. The monoisotopic (exact) mass is 364 g/mol. The molecule has 6 heteroatoms. The Morgan fingerprint density at radius 2 is 1.88 bits per heavy atom. The molecule has 0 saturated heterocycles. The normalized spacial score (nSPS) is 11.0. The lowest BCUT2D eigenvalue weighted by molar-refractivity contribution is 0.0950. The first-order valence-electron chi connectivity index (χ1n) is 8.17. The first-order valence-corrected chi connectivity index (χ1v) is 9.40. The van der Waals surface area contributed by atoms with Crippen molar-refractivity contribution in [2.45, 2.75) is 18.7 Å². The Hall–Kier alpha value is -2.86. The van der Waals surface area contributed by atoms with Crippen LogP contribution in [0.5, 0.6) is 0 Å². The van der Waals surface area contributed by atoms with Gasteiger partial charge in [-0.15, -0.1) is 11.8 Å². The molecule has 5 nitrogen and oxygen atoms in total. The second-order valence-electron chi connectivity index (χ2n) is 5.94. The van der Waals surface area contributed by atoms with Crippen LogP contribution in [0.25, 0.3) is 11.3 Å². The summed E-state index contributed by atoms with van der Waals surface area (Å²) >= 11 is 1.68. The van der Waals surface area contributed by atoms with E-state index in [1.165, 1.54) is 16.0 Å². The van der Waals surface area contributed by atoms with Crippen LogP contribution in [-0.4, -0.2) is 28.6 Å². The fourth-order valence-corrected chi connectivity index (χ4v) is 2.81. The second-order valence-corrected chi connectivity index (χ2v) is 6.82. The number of hydrogen-bond acceptors (Lipinski definition) is 4. The van der Waals surface area contributed by atoms with Gasteiger partial charge < -0.3 is 0 Å². The largest absolute Gasteiger partial charge is 0.289 e. The molecule has 0 aliphatic carbocycles. The molecule has 0 radical (unpaired) electrons. The third-order valence-electron chi connectivity index (χ3n) is 4.12. The van der Waals surface area contributed by atoms with Gasteiger partial charge in [-0.2, -0.15) is 10.2 Å². The Labute approximate surface area is 156 Å². The summed E-state index contributed by atoms with van der Waals surface area (Å²) in [6, 6.07) is 15.8. The van der Waals surface area contributed by atoms with Crippen LogP contribution in [0.4, 0.5) is 0 Å². The van der Waals surface area contributed by atoms with Gasteiger partial charge in [0.25, 0.3) is 5.91 Å². The van der Waals surface area contributed by atoms with E-state index in [2.05, 4.69) is 40.6 Å². The highest BCUT2D eigenvalue weighted by atomic mass is 32.2. The minimum atomic E-state index is -0.329. The summed E-state index contributed by atoms with van der Waals surface area (Å²) in [4.78, 5) is 13.4. The Bertz CT molecular complexity index is 945. The van der Waals surface area contributed by atoms with Crippen LogP contribution in [0, 0.1) is 13.8 Å². The number of amides is 1. The minimum absolute atomic E-state index is 0.329. The van der Waals surface area contributed by atoms with E-state index in [-0.39, 0.29) is 5.91 Å². The summed E-state index contributed by atoms with van der Waals surface area (Å²) in [5.74, 6) is -0.329.